The van der Waals surface area contributed by atoms with E-state index in [1.807, 2.05) is 57.2 Å². The fourth-order valence-electron chi connectivity index (χ4n) is 4.10. The average Bonchev–Trinajstić information content (AvgIpc) is 2.86. The van der Waals surface area contributed by atoms with Crippen molar-refractivity contribution >= 4 is 45.5 Å². The molecule has 1 N–H and O–H groups in total. The molecule has 4 amide bonds. The molecule has 1 fully saturated rings. The highest BCUT2D eigenvalue weighted by molar-refractivity contribution is 9.10. The zero-order chi connectivity index (χ0) is 26.5. The third-order valence-electron chi connectivity index (χ3n) is 5.82. The fraction of sp³-hybridized carbons (Fsp3) is 0.207. The lowest BCUT2D eigenvalue weighted by atomic mass is 10.0. The van der Waals surface area contributed by atoms with E-state index in [2.05, 4.69) is 21.2 Å². The topological polar surface area (TPSA) is 84.9 Å². The summed E-state index contributed by atoms with van der Waals surface area (Å²) in [4.78, 5) is 39.7. The molecule has 1 saturated heterocycles. The molecule has 0 atom stereocenters. The summed E-state index contributed by atoms with van der Waals surface area (Å²) < 4.78 is 12.5. The summed E-state index contributed by atoms with van der Waals surface area (Å²) in [7, 11) is 0. The minimum Gasteiger partial charge on any atom is -0.490 e. The van der Waals surface area contributed by atoms with Crippen molar-refractivity contribution in [2.24, 2.45) is 0 Å². The van der Waals surface area contributed by atoms with Crippen LogP contribution in [0.1, 0.15) is 36.1 Å². The Bertz CT molecular complexity index is 1400. The van der Waals surface area contributed by atoms with E-state index >= 15 is 0 Å². The predicted molar refractivity (Wildman–Crippen MR) is 146 cm³/mol. The maximum Gasteiger partial charge on any atom is 0.335 e. The van der Waals surface area contributed by atoms with Crippen LogP contribution in [0.25, 0.3) is 6.08 Å². The quantitative estimate of drug-likeness (QED) is 0.270. The van der Waals surface area contributed by atoms with Crippen molar-refractivity contribution in [3.05, 3.63) is 93.0 Å². The highest BCUT2D eigenvalue weighted by atomic mass is 79.9. The number of urea groups is 1. The van der Waals surface area contributed by atoms with Gasteiger partial charge in [-0.1, -0.05) is 55.0 Å². The van der Waals surface area contributed by atoms with Gasteiger partial charge in [0.2, 0.25) is 0 Å². The van der Waals surface area contributed by atoms with Gasteiger partial charge >= 0.3 is 6.03 Å². The van der Waals surface area contributed by atoms with Crippen LogP contribution in [0.4, 0.5) is 10.5 Å². The summed E-state index contributed by atoms with van der Waals surface area (Å²) in [5.41, 5.74) is 3.79. The molecule has 4 rings (SSSR count). The minimum absolute atomic E-state index is 0.159. The maximum absolute atomic E-state index is 13.4. The first-order valence-electron chi connectivity index (χ1n) is 12.0. The van der Waals surface area contributed by atoms with Crippen LogP contribution in [0.2, 0.25) is 0 Å². The van der Waals surface area contributed by atoms with E-state index in [9.17, 15) is 14.4 Å². The van der Waals surface area contributed by atoms with Gasteiger partial charge in [-0.25, -0.2) is 9.69 Å². The Morgan fingerprint density at radius 2 is 1.76 bits per heavy atom. The Hall–Kier alpha value is -3.91. The summed E-state index contributed by atoms with van der Waals surface area (Å²) in [5, 5.41) is 2.28. The Morgan fingerprint density at radius 3 is 2.49 bits per heavy atom. The Balaban J connectivity index is 1.68. The highest BCUT2D eigenvalue weighted by Gasteiger charge is 2.37. The van der Waals surface area contributed by atoms with Crippen molar-refractivity contribution in [3.8, 4) is 11.5 Å². The van der Waals surface area contributed by atoms with Gasteiger partial charge in [0, 0.05) is 0 Å². The summed E-state index contributed by atoms with van der Waals surface area (Å²) in [6, 6.07) is 17.8. The zero-order valence-electron chi connectivity index (χ0n) is 20.8. The number of carbonyl (C=O) groups is 3. The van der Waals surface area contributed by atoms with Gasteiger partial charge in [-0.05, 0) is 77.2 Å². The molecular formula is C29H27BrN2O5. The molecule has 1 aliphatic rings. The zero-order valence-corrected chi connectivity index (χ0v) is 22.4. The molecule has 8 heteroatoms. The number of barbiturate groups is 1. The van der Waals surface area contributed by atoms with Crippen molar-refractivity contribution in [3.63, 3.8) is 0 Å². The Kier molecular flexibility index (Phi) is 8.08. The van der Waals surface area contributed by atoms with Crippen LogP contribution in [0.3, 0.4) is 0 Å². The highest BCUT2D eigenvalue weighted by Crippen LogP contribution is 2.38. The third kappa shape index (κ3) is 5.75. The molecule has 190 valence electrons. The van der Waals surface area contributed by atoms with Gasteiger partial charge in [0.05, 0.1) is 16.8 Å². The summed E-state index contributed by atoms with van der Waals surface area (Å²) in [6.45, 7) is 6.54. The molecule has 0 saturated carbocycles. The van der Waals surface area contributed by atoms with Crippen LogP contribution in [-0.4, -0.2) is 24.5 Å². The number of amides is 4. The largest absolute Gasteiger partial charge is 0.490 e. The number of imide groups is 2. The van der Waals surface area contributed by atoms with E-state index in [1.165, 1.54) is 6.08 Å². The van der Waals surface area contributed by atoms with Crippen LogP contribution in [-0.2, 0) is 22.6 Å². The van der Waals surface area contributed by atoms with Gasteiger partial charge in [0.15, 0.2) is 11.5 Å². The molecular weight excluding hydrogens is 536 g/mol. The number of rotatable bonds is 8. The Labute approximate surface area is 224 Å². The molecule has 1 aliphatic heterocycles. The first-order chi connectivity index (χ1) is 17.8. The third-order valence-corrected chi connectivity index (χ3v) is 6.41. The fourth-order valence-corrected chi connectivity index (χ4v) is 4.68. The van der Waals surface area contributed by atoms with Crippen LogP contribution in [0.15, 0.2) is 70.7 Å². The van der Waals surface area contributed by atoms with Crippen LogP contribution in [0, 0.1) is 6.92 Å². The Morgan fingerprint density at radius 1 is 0.973 bits per heavy atom. The van der Waals surface area contributed by atoms with E-state index < -0.39 is 17.8 Å². The van der Waals surface area contributed by atoms with Gasteiger partial charge in [0.25, 0.3) is 11.8 Å². The lowest BCUT2D eigenvalue weighted by Crippen LogP contribution is -2.54. The molecule has 7 nitrogen and oxygen atoms in total. The molecule has 0 bridgehead atoms. The molecule has 0 aliphatic carbocycles. The summed E-state index contributed by atoms with van der Waals surface area (Å²) >= 11 is 3.54. The molecule has 1 heterocycles. The SMILES string of the molecule is CCOc1cc(/C=C2/C(=O)NC(=O)N(c3ccccc3CC)C2=O)cc(Br)c1OCc1cccc(C)c1. The van der Waals surface area contributed by atoms with Crippen molar-refractivity contribution in [2.75, 3.05) is 11.5 Å². The molecule has 3 aromatic carbocycles. The molecule has 3 aromatic rings. The maximum atomic E-state index is 13.4. The number of carbonyl (C=O) groups excluding carboxylic acids is 3. The van der Waals surface area contributed by atoms with E-state index in [0.29, 0.717) is 46.9 Å². The van der Waals surface area contributed by atoms with Crippen molar-refractivity contribution < 1.29 is 23.9 Å². The van der Waals surface area contributed by atoms with E-state index in [0.717, 1.165) is 21.6 Å². The van der Waals surface area contributed by atoms with Gasteiger partial charge in [-0.3, -0.25) is 14.9 Å². The van der Waals surface area contributed by atoms with Gasteiger partial charge in [-0.15, -0.1) is 0 Å². The molecule has 0 spiro atoms. The molecule has 37 heavy (non-hydrogen) atoms. The molecule has 0 aromatic heterocycles. The number of para-hydroxylation sites is 1. The molecule has 0 radical (unpaired) electrons. The predicted octanol–water partition coefficient (Wildman–Crippen LogP) is 5.96. The van der Waals surface area contributed by atoms with Crippen molar-refractivity contribution in [1.82, 2.24) is 5.32 Å². The van der Waals surface area contributed by atoms with Crippen LogP contribution >= 0.6 is 15.9 Å². The number of hydrogen-bond acceptors (Lipinski definition) is 5. The van der Waals surface area contributed by atoms with Crippen molar-refractivity contribution in [1.29, 1.82) is 0 Å². The van der Waals surface area contributed by atoms with E-state index in [-0.39, 0.29) is 5.57 Å². The van der Waals surface area contributed by atoms with Crippen molar-refractivity contribution in [2.45, 2.75) is 33.8 Å². The first kappa shape index (κ1) is 26.2. The number of nitrogens with one attached hydrogen (secondary N) is 1. The summed E-state index contributed by atoms with van der Waals surface area (Å²) in [5.74, 6) is -0.472. The second-order valence-electron chi connectivity index (χ2n) is 8.48. The molecule has 0 unspecified atom stereocenters. The number of aryl methyl sites for hydroxylation is 2. The average molecular weight is 563 g/mol. The number of ether oxygens (including phenoxy) is 2. The number of halogens is 1. The van der Waals surface area contributed by atoms with Gasteiger partial charge in [0.1, 0.15) is 12.2 Å². The summed E-state index contributed by atoms with van der Waals surface area (Å²) in [6.07, 6.45) is 2.07. The number of benzene rings is 3. The smallest absolute Gasteiger partial charge is 0.335 e. The number of nitrogens with zero attached hydrogens (tertiary/aromatic N) is 1. The minimum atomic E-state index is -0.774. The van der Waals surface area contributed by atoms with Crippen LogP contribution < -0.4 is 19.7 Å². The monoisotopic (exact) mass is 562 g/mol. The second-order valence-corrected chi connectivity index (χ2v) is 9.34. The second kappa shape index (κ2) is 11.4. The normalized spacial score (nSPS) is 14.6. The lowest BCUT2D eigenvalue weighted by molar-refractivity contribution is -0.122. The standard InChI is InChI=1S/C29H27BrN2O5/c1-4-21-11-6-7-12-24(21)32-28(34)22(27(33)31-29(32)35)14-20-15-23(30)26(25(16-20)36-5-2)37-17-19-10-8-9-18(3)13-19/h6-16H,4-5,17H2,1-3H3,(H,31,33,35)/b22-14-. The lowest BCUT2D eigenvalue weighted by Gasteiger charge is -2.28. The van der Waals surface area contributed by atoms with Gasteiger partial charge < -0.3 is 9.47 Å². The first-order valence-corrected chi connectivity index (χ1v) is 12.8. The van der Waals surface area contributed by atoms with E-state index in [4.69, 9.17) is 9.47 Å². The number of anilines is 1. The van der Waals surface area contributed by atoms with Gasteiger partial charge in [-0.2, -0.15) is 0 Å². The number of hydrogen-bond donors (Lipinski definition) is 1. The van der Waals surface area contributed by atoms with E-state index in [1.54, 1.807) is 24.3 Å². The van der Waals surface area contributed by atoms with Crippen LogP contribution in [0.5, 0.6) is 11.5 Å².